The van der Waals surface area contributed by atoms with Gasteiger partial charge in [0.2, 0.25) is 0 Å². The fourth-order valence-corrected chi connectivity index (χ4v) is 2.41. The summed E-state index contributed by atoms with van der Waals surface area (Å²) >= 11 is 3.39. The van der Waals surface area contributed by atoms with Crippen molar-refractivity contribution in [1.29, 1.82) is 0 Å². The van der Waals surface area contributed by atoms with E-state index in [1.165, 1.54) is 18.8 Å². The predicted molar refractivity (Wildman–Crippen MR) is 63.9 cm³/mol. The van der Waals surface area contributed by atoms with Crippen molar-refractivity contribution in [2.24, 2.45) is 7.05 Å². The molecule has 5 heteroatoms. The quantitative estimate of drug-likeness (QED) is 0.877. The molecule has 0 bridgehead atoms. The molecule has 15 heavy (non-hydrogen) atoms. The van der Waals surface area contributed by atoms with Crippen LogP contribution in [-0.2, 0) is 13.5 Å². The van der Waals surface area contributed by atoms with Gasteiger partial charge in [0.15, 0.2) is 0 Å². The van der Waals surface area contributed by atoms with Crippen LogP contribution in [-0.4, -0.2) is 47.4 Å². The zero-order valence-electron chi connectivity index (χ0n) is 9.04. The minimum Gasteiger partial charge on any atom is -0.314 e. The van der Waals surface area contributed by atoms with E-state index in [4.69, 9.17) is 0 Å². The van der Waals surface area contributed by atoms with E-state index in [1.807, 2.05) is 11.7 Å². The number of piperazine rings is 1. The van der Waals surface area contributed by atoms with Crippen LogP contribution in [0.5, 0.6) is 0 Å². The Morgan fingerprint density at radius 2 is 2.20 bits per heavy atom. The van der Waals surface area contributed by atoms with Gasteiger partial charge < -0.3 is 10.2 Å². The minimum atomic E-state index is 0.931. The number of nitrogens with one attached hydrogen (secondary N) is 1. The number of aromatic nitrogens is 2. The summed E-state index contributed by atoms with van der Waals surface area (Å²) in [7, 11) is 2.00. The number of hydrogen-bond acceptors (Lipinski definition) is 3. The average Bonchev–Trinajstić information content (AvgIpc) is 2.56. The lowest BCUT2D eigenvalue weighted by Crippen LogP contribution is -2.44. The van der Waals surface area contributed by atoms with Crippen LogP contribution in [0.4, 0.5) is 0 Å². The van der Waals surface area contributed by atoms with Gasteiger partial charge in [-0.15, -0.1) is 0 Å². The SMILES string of the molecule is Cn1nc(Br)cc1CCN1CCNCC1. The van der Waals surface area contributed by atoms with Gasteiger partial charge in [0, 0.05) is 51.9 Å². The van der Waals surface area contributed by atoms with E-state index >= 15 is 0 Å². The smallest absolute Gasteiger partial charge is 0.128 e. The van der Waals surface area contributed by atoms with Gasteiger partial charge in [-0.3, -0.25) is 4.68 Å². The molecule has 0 unspecified atom stereocenters. The van der Waals surface area contributed by atoms with E-state index in [1.54, 1.807) is 0 Å². The van der Waals surface area contributed by atoms with Crippen molar-refractivity contribution >= 4 is 15.9 Å². The Bertz CT molecular complexity index is 317. The molecule has 0 amide bonds. The molecule has 0 saturated carbocycles. The summed E-state index contributed by atoms with van der Waals surface area (Å²) in [6.07, 6.45) is 1.08. The molecule has 0 aromatic carbocycles. The topological polar surface area (TPSA) is 33.1 Å². The van der Waals surface area contributed by atoms with Crippen LogP contribution in [0.15, 0.2) is 10.7 Å². The molecule has 0 aliphatic carbocycles. The first kappa shape index (κ1) is 11.1. The van der Waals surface area contributed by atoms with Gasteiger partial charge in [0.05, 0.1) is 0 Å². The van der Waals surface area contributed by atoms with Gasteiger partial charge in [-0.05, 0) is 22.0 Å². The Morgan fingerprint density at radius 1 is 1.47 bits per heavy atom. The average molecular weight is 273 g/mol. The molecule has 1 aliphatic rings. The van der Waals surface area contributed by atoms with Gasteiger partial charge >= 0.3 is 0 Å². The maximum atomic E-state index is 4.28. The van der Waals surface area contributed by atoms with Crippen LogP contribution in [0.2, 0.25) is 0 Å². The van der Waals surface area contributed by atoms with E-state index in [-0.39, 0.29) is 0 Å². The van der Waals surface area contributed by atoms with Gasteiger partial charge in [0.1, 0.15) is 4.60 Å². The first-order valence-corrected chi connectivity index (χ1v) is 6.16. The molecule has 4 nitrogen and oxygen atoms in total. The third-order valence-electron chi connectivity index (χ3n) is 2.84. The summed E-state index contributed by atoms with van der Waals surface area (Å²) in [4.78, 5) is 2.50. The van der Waals surface area contributed by atoms with Crippen LogP contribution in [0.25, 0.3) is 0 Å². The Balaban J connectivity index is 1.84. The van der Waals surface area contributed by atoms with Crippen LogP contribution in [0.1, 0.15) is 5.69 Å². The zero-order chi connectivity index (χ0) is 10.7. The van der Waals surface area contributed by atoms with Crippen molar-refractivity contribution in [2.75, 3.05) is 32.7 Å². The molecule has 0 spiro atoms. The summed E-state index contributed by atoms with van der Waals surface area (Å²) < 4.78 is 2.88. The van der Waals surface area contributed by atoms with Crippen molar-refractivity contribution in [1.82, 2.24) is 20.0 Å². The van der Waals surface area contributed by atoms with E-state index in [0.29, 0.717) is 0 Å². The molecule has 2 heterocycles. The van der Waals surface area contributed by atoms with E-state index in [0.717, 1.165) is 30.7 Å². The molecular weight excluding hydrogens is 256 g/mol. The van der Waals surface area contributed by atoms with Crippen LogP contribution in [0.3, 0.4) is 0 Å². The van der Waals surface area contributed by atoms with E-state index < -0.39 is 0 Å². The number of nitrogens with zero attached hydrogens (tertiary/aromatic N) is 3. The molecule has 0 radical (unpaired) electrons. The molecule has 1 saturated heterocycles. The second kappa shape index (κ2) is 5.09. The van der Waals surface area contributed by atoms with Crippen molar-refractivity contribution in [3.05, 3.63) is 16.4 Å². The molecular formula is C10H17BrN4. The highest BCUT2D eigenvalue weighted by Crippen LogP contribution is 2.10. The molecule has 1 aromatic rings. The van der Waals surface area contributed by atoms with Crippen molar-refractivity contribution in [3.63, 3.8) is 0 Å². The van der Waals surface area contributed by atoms with Crippen molar-refractivity contribution < 1.29 is 0 Å². The molecule has 2 rings (SSSR count). The monoisotopic (exact) mass is 272 g/mol. The molecule has 1 aliphatic heterocycles. The van der Waals surface area contributed by atoms with Crippen LogP contribution >= 0.6 is 15.9 Å². The summed E-state index contributed by atoms with van der Waals surface area (Å²) in [6, 6.07) is 2.10. The minimum absolute atomic E-state index is 0.931. The van der Waals surface area contributed by atoms with Gasteiger partial charge in [-0.2, -0.15) is 5.10 Å². The summed E-state index contributed by atoms with van der Waals surface area (Å²) in [5, 5.41) is 7.64. The van der Waals surface area contributed by atoms with E-state index in [2.05, 4.69) is 37.3 Å². The molecule has 0 atom stereocenters. The predicted octanol–water partition coefficient (Wildman–Crippen LogP) is 0.630. The van der Waals surface area contributed by atoms with Crippen LogP contribution in [0, 0.1) is 0 Å². The Hall–Kier alpha value is -0.390. The maximum Gasteiger partial charge on any atom is 0.128 e. The molecule has 84 valence electrons. The second-order valence-electron chi connectivity index (χ2n) is 3.92. The Morgan fingerprint density at radius 3 is 2.80 bits per heavy atom. The number of halogens is 1. The largest absolute Gasteiger partial charge is 0.314 e. The summed E-state index contributed by atoms with van der Waals surface area (Å²) in [5.74, 6) is 0. The number of hydrogen-bond donors (Lipinski definition) is 1. The first-order valence-electron chi connectivity index (χ1n) is 5.37. The van der Waals surface area contributed by atoms with E-state index in [9.17, 15) is 0 Å². The molecule has 1 fully saturated rings. The van der Waals surface area contributed by atoms with Gasteiger partial charge in [0.25, 0.3) is 0 Å². The lowest BCUT2D eigenvalue weighted by molar-refractivity contribution is 0.242. The van der Waals surface area contributed by atoms with Gasteiger partial charge in [-0.1, -0.05) is 0 Å². The highest BCUT2D eigenvalue weighted by molar-refractivity contribution is 9.10. The molecule has 1 aromatic heterocycles. The fourth-order valence-electron chi connectivity index (χ4n) is 1.91. The van der Waals surface area contributed by atoms with Crippen LogP contribution < -0.4 is 5.32 Å². The Labute approximate surface area is 98.8 Å². The maximum absolute atomic E-state index is 4.28. The molecule has 1 N–H and O–H groups in total. The highest BCUT2D eigenvalue weighted by Gasteiger charge is 2.10. The lowest BCUT2D eigenvalue weighted by atomic mass is 10.2. The zero-order valence-corrected chi connectivity index (χ0v) is 10.6. The Kier molecular flexibility index (Phi) is 3.77. The standard InChI is InChI=1S/C10H17BrN4/c1-14-9(8-10(11)13-14)2-5-15-6-3-12-4-7-15/h8,12H,2-7H2,1H3. The second-order valence-corrected chi connectivity index (χ2v) is 4.74. The summed E-state index contributed by atoms with van der Waals surface area (Å²) in [5.41, 5.74) is 1.29. The normalized spacial score (nSPS) is 18.3. The van der Waals surface area contributed by atoms with Crippen molar-refractivity contribution in [3.8, 4) is 0 Å². The fraction of sp³-hybridized carbons (Fsp3) is 0.700. The first-order chi connectivity index (χ1) is 7.25. The number of rotatable bonds is 3. The third-order valence-corrected chi connectivity index (χ3v) is 3.23. The third kappa shape index (κ3) is 3.03. The number of aryl methyl sites for hydroxylation is 1. The van der Waals surface area contributed by atoms with Gasteiger partial charge in [-0.25, -0.2) is 0 Å². The lowest BCUT2D eigenvalue weighted by Gasteiger charge is -2.26. The summed E-state index contributed by atoms with van der Waals surface area (Å²) in [6.45, 7) is 5.70. The highest BCUT2D eigenvalue weighted by atomic mass is 79.9. The van der Waals surface area contributed by atoms with Crippen molar-refractivity contribution in [2.45, 2.75) is 6.42 Å².